The second-order valence-corrected chi connectivity index (χ2v) is 5.85. The number of hydrogen-bond acceptors (Lipinski definition) is 4. The summed E-state index contributed by atoms with van der Waals surface area (Å²) in [7, 11) is 4.29. The Hall–Kier alpha value is -1.55. The van der Waals surface area contributed by atoms with Crippen molar-refractivity contribution in [1.82, 2.24) is 9.88 Å². The van der Waals surface area contributed by atoms with Crippen LogP contribution in [0.2, 0.25) is 0 Å². The molecular formula is C16H23N3O. The summed E-state index contributed by atoms with van der Waals surface area (Å²) in [5, 5.41) is 0. The van der Waals surface area contributed by atoms with E-state index in [1.54, 1.807) is 0 Å². The van der Waals surface area contributed by atoms with Crippen LogP contribution in [0.15, 0.2) is 12.3 Å². The summed E-state index contributed by atoms with van der Waals surface area (Å²) in [6.07, 6.45) is 8.74. The van der Waals surface area contributed by atoms with E-state index in [1.807, 2.05) is 13.1 Å². The van der Waals surface area contributed by atoms with E-state index in [0.29, 0.717) is 6.04 Å². The smallest absolute Gasteiger partial charge is 0.164 e. The summed E-state index contributed by atoms with van der Waals surface area (Å²) in [5.41, 5.74) is 3.31. The monoisotopic (exact) mass is 273 g/mol. The molecule has 20 heavy (non-hydrogen) atoms. The Morgan fingerprint density at radius 1 is 1.40 bits per heavy atom. The van der Waals surface area contributed by atoms with E-state index in [2.05, 4.69) is 41.0 Å². The molecule has 2 aliphatic rings. The molecule has 1 fully saturated rings. The molecule has 1 atom stereocenters. The van der Waals surface area contributed by atoms with Crippen molar-refractivity contribution in [1.29, 1.82) is 0 Å². The van der Waals surface area contributed by atoms with Gasteiger partial charge < -0.3 is 14.5 Å². The molecule has 0 N–H and O–H groups in total. The van der Waals surface area contributed by atoms with Gasteiger partial charge in [-0.05, 0) is 33.4 Å². The lowest BCUT2D eigenvalue weighted by molar-refractivity contribution is 0.197. The van der Waals surface area contributed by atoms with E-state index in [0.717, 1.165) is 30.2 Å². The Morgan fingerprint density at radius 2 is 2.25 bits per heavy atom. The number of aryl methyl sites for hydroxylation is 1. The number of fused-ring (bicyclic) bond motifs is 1. The highest BCUT2D eigenvalue weighted by molar-refractivity contribution is 5.76. The van der Waals surface area contributed by atoms with Crippen LogP contribution < -0.4 is 9.64 Å². The molecule has 1 aromatic heterocycles. The third-order valence-electron chi connectivity index (χ3n) is 4.36. The van der Waals surface area contributed by atoms with E-state index in [4.69, 9.17) is 4.74 Å². The minimum atomic E-state index is 0.537. The van der Waals surface area contributed by atoms with Crippen LogP contribution >= 0.6 is 0 Å². The van der Waals surface area contributed by atoms with Gasteiger partial charge >= 0.3 is 0 Å². The molecule has 1 saturated heterocycles. The lowest BCUT2D eigenvalue weighted by Crippen LogP contribution is -2.31. The van der Waals surface area contributed by atoms with E-state index in [-0.39, 0.29) is 0 Å². The second-order valence-electron chi connectivity index (χ2n) is 5.85. The molecule has 4 heteroatoms. The van der Waals surface area contributed by atoms with Crippen LogP contribution in [0.1, 0.15) is 24.1 Å². The Labute approximate surface area is 121 Å². The summed E-state index contributed by atoms with van der Waals surface area (Å²) in [5.74, 6) is 0.953. The summed E-state index contributed by atoms with van der Waals surface area (Å²) in [4.78, 5) is 9.10. The molecule has 0 aliphatic carbocycles. The third kappa shape index (κ3) is 2.40. The zero-order valence-electron chi connectivity index (χ0n) is 12.6. The van der Waals surface area contributed by atoms with Gasteiger partial charge in [-0.25, -0.2) is 0 Å². The normalized spacial score (nSPS) is 22.1. The highest BCUT2D eigenvalue weighted by Crippen LogP contribution is 2.36. The van der Waals surface area contributed by atoms with Gasteiger partial charge in [0.25, 0.3) is 0 Å². The van der Waals surface area contributed by atoms with Crippen LogP contribution in [0.5, 0.6) is 5.75 Å². The molecule has 0 amide bonds. The van der Waals surface area contributed by atoms with Crippen LogP contribution in [0.25, 0.3) is 6.08 Å². The van der Waals surface area contributed by atoms with E-state index < -0.39 is 0 Å². The molecular weight excluding hydrogens is 250 g/mol. The molecule has 0 bridgehead atoms. The van der Waals surface area contributed by atoms with E-state index in [1.165, 1.54) is 25.1 Å². The lowest BCUT2D eigenvalue weighted by Gasteiger charge is -2.28. The first-order valence-corrected chi connectivity index (χ1v) is 7.37. The van der Waals surface area contributed by atoms with Crippen LogP contribution in [-0.2, 0) is 0 Å². The van der Waals surface area contributed by atoms with Crippen molar-refractivity contribution in [3.8, 4) is 5.75 Å². The summed E-state index contributed by atoms with van der Waals surface area (Å²) in [6.45, 7) is 4.89. The van der Waals surface area contributed by atoms with Gasteiger partial charge in [0.2, 0.25) is 0 Å². The van der Waals surface area contributed by atoms with Crippen molar-refractivity contribution in [2.45, 2.75) is 25.8 Å². The van der Waals surface area contributed by atoms with Crippen LogP contribution in [-0.4, -0.2) is 49.7 Å². The van der Waals surface area contributed by atoms with Gasteiger partial charge in [0.05, 0.1) is 11.4 Å². The average Bonchev–Trinajstić information content (AvgIpc) is 2.84. The fourth-order valence-electron chi connectivity index (χ4n) is 3.08. The Kier molecular flexibility index (Phi) is 3.66. The molecule has 4 nitrogen and oxygen atoms in total. The fraction of sp³-hybridized carbons (Fsp3) is 0.562. The van der Waals surface area contributed by atoms with Gasteiger partial charge in [-0.3, -0.25) is 4.98 Å². The molecule has 1 aromatic rings. The number of pyridine rings is 1. The van der Waals surface area contributed by atoms with Crippen molar-refractivity contribution in [2.75, 3.05) is 38.7 Å². The van der Waals surface area contributed by atoms with Crippen LogP contribution in [0, 0.1) is 6.92 Å². The number of nitrogens with zero attached hydrogens (tertiary/aromatic N) is 3. The Bertz CT molecular complexity index is 527. The number of hydrogen-bond donors (Lipinski definition) is 0. The molecule has 2 aliphatic heterocycles. The van der Waals surface area contributed by atoms with Crippen molar-refractivity contribution < 1.29 is 4.74 Å². The maximum atomic E-state index is 6.18. The zero-order valence-corrected chi connectivity index (χ0v) is 12.6. The van der Waals surface area contributed by atoms with Gasteiger partial charge in [0, 0.05) is 31.4 Å². The Balaban J connectivity index is 1.83. The largest absolute Gasteiger partial charge is 0.488 e. The average molecular weight is 273 g/mol. The first-order valence-electron chi connectivity index (χ1n) is 7.37. The minimum Gasteiger partial charge on any atom is -0.488 e. The maximum absolute atomic E-state index is 6.18. The highest BCUT2D eigenvalue weighted by Gasteiger charge is 2.24. The molecule has 0 saturated carbocycles. The number of rotatable bonds is 3. The first kappa shape index (κ1) is 13.4. The fourth-order valence-corrected chi connectivity index (χ4v) is 3.08. The summed E-state index contributed by atoms with van der Waals surface area (Å²) in [6, 6.07) is 0.537. The molecule has 0 radical (unpaired) electrons. The highest BCUT2D eigenvalue weighted by atomic mass is 16.5. The van der Waals surface area contributed by atoms with Gasteiger partial charge in [-0.1, -0.05) is 12.2 Å². The maximum Gasteiger partial charge on any atom is 0.164 e. The van der Waals surface area contributed by atoms with Gasteiger partial charge in [-0.2, -0.15) is 0 Å². The van der Waals surface area contributed by atoms with E-state index >= 15 is 0 Å². The molecule has 0 aromatic carbocycles. The summed E-state index contributed by atoms with van der Waals surface area (Å²) >= 11 is 0. The third-order valence-corrected chi connectivity index (χ3v) is 4.36. The number of anilines is 1. The minimum absolute atomic E-state index is 0.537. The first-order chi connectivity index (χ1) is 9.66. The van der Waals surface area contributed by atoms with Crippen molar-refractivity contribution in [3.63, 3.8) is 0 Å². The van der Waals surface area contributed by atoms with Crippen LogP contribution in [0.3, 0.4) is 0 Å². The number of aromatic nitrogens is 1. The van der Waals surface area contributed by atoms with Crippen LogP contribution in [0.4, 0.5) is 5.69 Å². The molecule has 108 valence electrons. The number of likely N-dealkylation sites (tertiary alicyclic amines) is 1. The predicted molar refractivity (Wildman–Crippen MR) is 82.4 cm³/mol. The standard InChI is InChI=1S/C16H23N3O/c1-12-16(20-11-14-7-5-8-18(14)2)15-13(10-17-12)6-4-9-19(15)3/h4,6,10,14H,5,7-9,11H2,1-3H3/t14-/m0/s1. The molecule has 0 spiro atoms. The van der Waals surface area contributed by atoms with E-state index in [9.17, 15) is 0 Å². The van der Waals surface area contributed by atoms with Gasteiger partial charge in [-0.15, -0.1) is 0 Å². The quantitative estimate of drug-likeness (QED) is 0.845. The lowest BCUT2D eigenvalue weighted by atomic mass is 10.1. The molecule has 3 rings (SSSR count). The second kappa shape index (κ2) is 5.44. The van der Waals surface area contributed by atoms with Crippen molar-refractivity contribution >= 4 is 11.8 Å². The van der Waals surface area contributed by atoms with Crippen molar-refractivity contribution in [3.05, 3.63) is 23.5 Å². The van der Waals surface area contributed by atoms with Gasteiger partial charge in [0.15, 0.2) is 5.75 Å². The predicted octanol–water partition coefficient (Wildman–Crippen LogP) is 2.33. The number of likely N-dealkylation sites (N-methyl/N-ethyl adjacent to an activating group) is 2. The number of ether oxygens (including phenoxy) is 1. The van der Waals surface area contributed by atoms with Crippen molar-refractivity contribution in [2.24, 2.45) is 0 Å². The van der Waals surface area contributed by atoms with Gasteiger partial charge in [0.1, 0.15) is 6.61 Å². The summed E-state index contributed by atoms with van der Waals surface area (Å²) < 4.78 is 6.18. The Morgan fingerprint density at radius 3 is 3.00 bits per heavy atom. The topological polar surface area (TPSA) is 28.6 Å². The molecule has 0 unspecified atom stereocenters. The molecule has 3 heterocycles. The zero-order chi connectivity index (χ0) is 14.1. The SMILES string of the molecule is Cc1ncc2c(c1OC[C@@H]1CCCN1C)N(C)CC=C2.